The van der Waals surface area contributed by atoms with Crippen molar-refractivity contribution in [1.29, 1.82) is 0 Å². The molecule has 0 saturated carbocycles. The number of carbonyl (C=O) groups excluding carboxylic acids is 1. The van der Waals surface area contributed by atoms with Crippen molar-refractivity contribution in [2.24, 2.45) is 5.92 Å². The first-order chi connectivity index (χ1) is 16.9. The number of likely N-dealkylation sites (N-methyl/N-ethyl adjacent to an activating group) is 1. The first kappa shape index (κ1) is 24.8. The van der Waals surface area contributed by atoms with Crippen molar-refractivity contribution in [3.8, 4) is 0 Å². The molecule has 7 nitrogen and oxygen atoms in total. The fraction of sp³-hybridized carbons (Fsp3) is 0.269. The highest BCUT2D eigenvalue weighted by atomic mass is 35.5. The Balaban J connectivity index is 1.69. The minimum atomic E-state index is -0.499. The lowest BCUT2D eigenvalue weighted by atomic mass is 10.0. The largest absolute Gasteiger partial charge is 0.381 e. The molecule has 0 bridgehead atoms. The van der Waals surface area contributed by atoms with E-state index in [1.165, 1.54) is 24.5 Å². The number of carbonyl (C=O) groups is 1. The number of anilines is 3. The van der Waals surface area contributed by atoms with Gasteiger partial charge < -0.3 is 20.3 Å². The van der Waals surface area contributed by atoms with Gasteiger partial charge in [-0.25, -0.2) is 14.4 Å². The number of hydrogen-bond donors (Lipinski definition) is 2. The summed E-state index contributed by atoms with van der Waals surface area (Å²) in [5.74, 6) is 0.110. The van der Waals surface area contributed by atoms with Gasteiger partial charge in [-0.05, 0) is 56.4 Å². The molecule has 1 aliphatic rings. The van der Waals surface area contributed by atoms with Crippen LogP contribution in [0.3, 0.4) is 0 Å². The van der Waals surface area contributed by atoms with Gasteiger partial charge in [0.2, 0.25) is 5.91 Å². The highest BCUT2D eigenvalue weighted by Crippen LogP contribution is 2.31. The number of rotatable bonds is 8. The third-order valence-electron chi connectivity index (χ3n) is 5.50. The van der Waals surface area contributed by atoms with E-state index in [-0.39, 0.29) is 10.9 Å². The molecule has 1 saturated heterocycles. The summed E-state index contributed by atoms with van der Waals surface area (Å²) in [5.41, 5.74) is 2.73. The smallest absolute Gasteiger partial charge is 0.248 e. The van der Waals surface area contributed by atoms with E-state index in [4.69, 9.17) is 16.3 Å². The molecule has 9 heteroatoms. The van der Waals surface area contributed by atoms with Gasteiger partial charge in [-0.1, -0.05) is 29.8 Å². The van der Waals surface area contributed by atoms with Gasteiger partial charge in [0.1, 0.15) is 18.0 Å². The molecule has 4 rings (SSSR count). The van der Waals surface area contributed by atoms with Crippen LogP contribution in [0.5, 0.6) is 0 Å². The van der Waals surface area contributed by atoms with Crippen molar-refractivity contribution in [2.75, 3.05) is 44.5 Å². The third-order valence-corrected chi connectivity index (χ3v) is 5.79. The summed E-state index contributed by atoms with van der Waals surface area (Å²) in [6.45, 7) is 2.10. The van der Waals surface area contributed by atoms with Gasteiger partial charge in [0.15, 0.2) is 0 Å². The quantitative estimate of drug-likeness (QED) is 0.414. The standard InChI is InChI=1S/C26H27ClFN5O2/c1-33(2)10-3-4-25(34)32-23-14-20-24(12-18(23)6-5-17-9-11-35-15-17)29-16-30-26(20)31-19-7-8-22(28)21(27)13-19/h3-8,12-14,16-17H,9-11,15H2,1-2H3,(H,32,34)(H,29,30,31). The van der Waals surface area contributed by atoms with E-state index < -0.39 is 5.82 Å². The van der Waals surface area contributed by atoms with Gasteiger partial charge in [0, 0.05) is 41.9 Å². The molecule has 1 amide bonds. The maximum Gasteiger partial charge on any atom is 0.248 e. The zero-order valence-corrected chi connectivity index (χ0v) is 20.3. The van der Waals surface area contributed by atoms with Crippen molar-refractivity contribution in [3.05, 3.63) is 71.3 Å². The second-order valence-electron chi connectivity index (χ2n) is 8.57. The highest BCUT2D eigenvalue weighted by molar-refractivity contribution is 6.31. The predicted octanol–water partition coefficient (Wildman–Crippen LogP) is 5.27. The van der Waals surface area contributed by atoms with Crippen LogP contribution in [0.15, 0.2) is 54.9 Å². The zero-order valence-electron chi connectivity index (χ0n) is 19.6. The Morgan fingerprint density at radius 2 is 2.14 bits per heavy atom. The summed E-state index contributed by atoms with van der Waals surface area (Å²) in [5, 5.41) is 6.85. The number of aromatic nitrogens is 2. The average Bonchev–Trinajstić information content (AvgIpc) is 3.34. The predicted molar refractivity (Wildman–Crippen MR) is 139 cm³/mol. The summed E-state index contributed by atoms with van der Waals surface area (Å²) in [6.07, 6.45) is 9.84. The number of halogens is 2. The summed E-state index contributed by atoms with van der Waals surface area (Å²) in [4.78, 5) is 23.4. The summed E-state index contributed by atoms with van der Waals surface area (Å²) < 4.78 is 19.0. The second kappa shape index (κ2) is 11.4. The number of nitrogens with zero attached hydrogens (tertiary/aromatic N) is 3. The maximum absolute atomic E-state index is 13.6. The van der Waals surface area contributed by atoms with E-state index in [2.05, 4.69) is 26.7 Å². The molecule has 1 unspecified atom stereocenters. The van der Waals surface area contributed by atoms with Crippen molar-refractivity contribution in [1.82, 2.24) is 14.9 Å². The van der Waals surface area contributed by atoms with E-state index in [0.29, 0.717) is 47.2 Å². The highest BCUT2D eigenvalue weighted by Gasteiger charge is 2.14. The lowest BCUT2D eigenvalue weighted by Crippen LogP contribution is -2.13. The van der Waals surface area contributed by atoms with Crippen LogP contribution < -0.4 is 10.6 Å². The summed E-state index contributed by atoms with van der Waals surface area (Å²) in [7, 11) is 3.87. The monoisotopic (exact) mass is 495 g/mol. The number of nitrogens with one attached hydrogen (secondary N) is 2. The minimum absolute atomic E-state index is 0.00846. The third kappa shape index (κ3) is 6.63. The number of ether oxygens (including phenoxy) is 1. The van der Waals surface area contributed by atoms with Gasteiger partial charge in [-0.3, -0.25) is 4.79 Å². The Labute approximate surface area is 208 Å². The van der Waals surface area contributed by atoms with Crippen molar-refractivity contribution in [3.63, 3.8) is 0 Å². The van der Waals surface area contributed by atoms with Crippen LogP contribution in [0.4, 0.5) is 21.6 Å². The van der Waals surface area contributed by atoms with Gasteiger partial charge in [0.25, 0.3) is 0 Å². The average molecular weight is 496 g/mol. The van der Waals surface area contributed by atoms with E-state index in [1.807, 2.05) is 37.2 Å². The van der Waals surface area contributed by atoms with Crippen LogP contribution >= 0.6 is 11.6 Å². The molecule has 182 valence electrons. The first-order valence-corrected chi connectivity index (χ1v) is 11.7. The molecule has 1 aliphatic heterocycles. The molecular weight excluding hydrogens is 469 g/mol. The molecule has 1 aromatic heterocycles. The van der Waals surface area contributed by atoms with Gasteiger partial charge in [-0.2, -0.15) is 0 Å². The normalized spacial score (nSPS) is 16.1. The molecule has 0 spiro atoms. The van der Waals surface area contributed by atoms with Crippen LogP contribution in [0, 0.1) is 11.7 Å². The van der Waals surface area contributed by atoms with Crippen LogP contribution in [0.25, 0.3) is 17.0 Å². The molecule has 35 heavy (non-hydrogen) atoms. The minimum Gasteiger partial charge on any atom is -0.381 e. The Morgan fingerprint density at radius 1 is 1.29 bits per heavy atom. The van der Waals surface area contributed by atoms with E-state index in [9.17, 15) is 9.18 Å². The molecule has 1 atom stereocenters. The van der Waals surface area contributed by atoms with Crippen molar-refractivity contribution < 1.29 is 13.9 Å². The Morgan fingerprint density at radius 3 is 2.89 bits per heavy atom. The number of fused-ring (bicyclic) bond motifs is 1. The summed E-state index contributed by atoms with van der Waals surface area (Å²) in [6, 6.07) is 8.10. The summed E-state index contributed by atoms with van der Waals surface area (Å²) >= 11 is 5.93. The molecule has 0 radical (unpaired) electrons. The zero-order chi connectivity index (χ0) is 24.8. The number of hydrogen-bond acceptors (Lipinski definition) is 6. The Kier molecular flexibility index (Phi) is 8.07. The van der Waals surface area contributed by atoms with Crippen molar-refractivity contribution >= 4 is 51.7 Å². The maximum atomic E-state index is 13.6. The van der Waals surface area contributed by atoms with Gasteiger partial charge in [0.05, 0.1) is 17.1 Å². The van der Waals surface area contributed by atoms with E-state index in [0.717, 1.165) is 18.6 Å². The molecule has 2 heterocycles. The van der Waals surface area contributed by atoms with Crippen LogP contribution in [0.2, 0.25) is 5.02 Å². The first-order valence-electron chi connectivity index (χ1n) is 11.3. The fourth-order valence-corrected chi connectivity index (χ4v) is 3.85. The van der Waals surface area contributed by atoms with E-state index in [1.54, 1.807) is 12.1 Å². The molecule has 2 N–H and O–H groups in total. The molecule has 3 aromatic rings. The second-order valence-corrected chi connectivity index (χ2v) is 8.98. The fourth-order valence-electron chi connectivity index (χ4n) is 3.66. The number of benzene rings is 2. The van der Waals surface area contributed by atoms with E-state index >= 15 is 0 Å². The molecule has 2 aromatic carbocycles. The molecule has 1 fully saturated rings. The number of amides is 1. The molecular formula is C26H27ClFN5O2. The SMILES string of the molecule is CN(C)CC=CC(=O)Nc1cc2c(Nc3ccc(F)c(Cl)c3)ncnc2cc1C=CC1CCOC1. The Hall–Kier alpha value is -3.33. The van der Waals surface area contributed by atoms with Crippen LogP contribution in [-0.4, -0.2) is 54.6 Å². The van der Waals surface area contributed by atoms with Gasteiger partial charge in [-0.15, -0.1) is 0 Å². The van der Waals surface area contributed by atoms with Crippen LogP contribution in [-0.2, 0) is 9.53 Å². The molecule has 0 aliphatic carbocycles. The Bertz CT molecular complexity index is 1270. The topological polar surface area (TPSA) is 79.4 Å². The van der Waals surface area contributed by atoms with Crippen molar-refractivity contribution in [2.45, 2.75) is 6.42 Å². The van der Waals surface area contributed by atoms with Gasteiger partial charge >= 0.3 is 0 Å². The van der Waals surface area contributed by atoms with Crippen LogP contribution in [0.1, 0.15) is 12.0 Å². The lowest BCUT2D eigenvalue weighted by molar-refractivity contribution is -0.111. The lowest BCUT2D eigenvalue weighted by Gasteiger charge is -2.13.